The first-order chi connectivity index (χ1) is 6.98. The normalized spacial score (nSPS) is 21.9. The molecule has 1 atom stereocenters. The molecule has 0 saturated heterocycles. The third-order valence-electron chi connectivity index (χ3n) is 1.92. The minimum Gasteiger partial charge on any atom is -0.353 e. The zero-order valence-corrected chi connectivity index (χ0v) is 9.42. The van der Waals surface area contributed by atoms with Crippen LogP contribution in [0.1, 0.15) is 0 Å². The van der Waals surface area contributed by atoms with E-state index in [0.717, 1.165) is 4.90 Å². The first-order valence-electron chi connectivity index (χ1n) is 4.06. The second-order valence-corrected chi connectivity index (χ2v) is 5.70. The van der Waals surface area contributed by atoms with Gasteiger partial charge >= 0.3 is 10.1 Å². The molecule has 1 aromatic heterocycles. The lowest BCUT2D eigenvalue weighted by Crippen LogP contribution is -2.42. The molecule has 15 heavy (non-hydrogen) atoms. The van der Waals surface area contributed by atoms with Crippen molar-refractivity contribution in [1.82, 2.24) is 9.29 Å². The van der Waals surface area contributed by atoms with Crippen LogP contribution >= 0.6 is 11.9 Å². The predicted octanol–water partition coefficient (Wildman–Crippen LogP) is 0.617. The number of nitrogens with zero attached hydrogens (tertiary/aromatic N) is 2. The summed E-state index contributed by atoms with van der Waals surface area (Å²) in [5.74, 6) is 0. The quantitative estimate of drug-likeness (QED) is 0.556. The van der Waals surface area contributed by atoms with Crippen molar-refractivity contribution in [2.24, 2.45) is 0 Å². The van der Waals surface area contributed by atoms with Gasteiger partial charge in [0.05, 0.1) is 10.6 Å². The molecule has 1 unspecified atom stereocenters. The van der Waals surface area contributed by atoms with Crippen LogP contribution in [0, 0.1) is 0 Å². The fourth-order valence-corrected chi connectivity index (χ4v) is 3.16. The fraction of sp³-hybridized carbons (Fsp3) is 0.286. The lowest BCUT2D eigenvalue weighted by Gasteiger charge is -2.31. The maximum Gasteiger partial charge on any atom is 0.301 e. The first kappa shape index (κ1) is 10.7. The molecule has 0 saturated carbocycles. The Kier molecular flexibility index (Phi) is 2.59. The lowest BCUT2D eigenvalue weighted by molar-refractivity contribution is 0.428. The summed E-state index contributed by atoms with van der Waals surface area (Å²) in [7, 11) is -2.57. The molecule has 2 heterocycles. The summed E-state index contributed by atoms with van der Waals surface area (Å²) >= 11 is 1.22. The first-order valence-corrected chi connectivity index (χ1v) is 6.34. The summed E-state index contributed by atoms with van der Waals surface area (Å²) in [5, 5.41) is 2.71. The number of hydrogen-bond acceptors (Lipinski definition) is 6. The molecule has 0 amide bonds. The van der Waals surface area contributed by atoms with Crippen molar-refractivity contribution in [3.63, 3.8) is 0 Å². The highest BCUT2D eigenvalue weighted by molar-refractivity contribution is 7.98. The number of fused-ring (bicyclic) bond motifs is 1. The van der Waals surface area contributed by atoms with E-state index in [1.165, 1.54) is 16.3 Å². The zero-order valence-electron chi connectivity index (χ0n) is 7.78. The highest BCUT2D eigenvalue weighted by Gasteiger charge is 2.32. The van der Waals surface area contributed by atoms with Gasteiger partial charge in [-0.3, -0.25) is 9.54 Å². The molecule has 1 aliphatic rings. The van der Waals surface area contributed by atoms with Crippen LogP contribution in [-0.4, -0.2) is 34.8 Å². The molecule has 82 valence electrons. The Balaban J connectivity index is 2.38. The molecule has 2 N–H and O–H groups in total. The maximum absolute atomic E-state index is 11.0. The van der Waals surface area contributed by atoms with Crippen LogP contribution in [-0.2, 0) is 10.1 Å². The van der Waals surface area contributed by atoms with E-state index in [1.807, 2.05) is 0 Å². The van der Waals surface area contributed by atoms with Gasteiger partial charge in [0, 0.05) is 19.4 Å². The van der Waals surface area contributed by atoms with Gasteiger partial charge in [-0.2, -0.15) is 8.42 Å². The van der Waals surface area contributed by atoms with Crippen molar-refractivity contribution >= 4 is 27.8 Å². The van der Waals surface area contributed by atoms with E-state index in [0.29, 0.717) is 5.69 Å². The van der Waals surface area contributed by atoms with Gasteiger partial charge in [0.15, 0.2) is 0 Å². The minimum absolute atomic E-state index is 0.649. The van der Waals surface area contributed by atoms with E-state index < -0.39 is 15.6 Å². The molecular weight excluding hydrogens is 238 g/mol. The van der Waals surface area contributed by atoms with Gasteiger partial charge in [-0.25, -0.2) is 4.31 Å². The van der Waals surface area contributed by atoms with E-state index in [4.69, 9.17) is 4.55 Å². The minimum atomic E-state index is -4.14. The van der Waals surface area contributed by atoms with Gasteiger partial charge in [-0.15, -0.1) is 0 Å². The average Bonchev–Trinajstić information content (AvgIpc) is 2.15. The Morgan fingerprint density at radius 3 is 3.07 bits per heavy atom. The summed E-state index contributed by atoms with van der Waals surface area (Å²) in [5.41, 5.74) is -0.479. The summed E-state index contributed by atoms with van der Waals surface area (Å²) in [6, 6.07) is 1.66. The summed E-state index contributed by atoms with van der Waals surface area (Å²) < 4.78 is 32.5. The Morgan fingerprint density at radius 1 is 1.67 bits per heavy atom. The SMILES string of the molecule is CN1Sc2cnccc2NC1S(=O)(=O)O. The molecule has 2 rings (SSSR count). The van der Waals surface area contributed by atoms with Crippen LogP contribution in [0.25, 0.3) is 0 Å². The number of aromatic nitrogens is 1. The predicted molar refractivity (Wildman–Crippen MR) is 56.8 cm³/mol. The van der Waals surface area contributed by atoms with Gasteiger partial charge < -0.3 is 5.32 Å². The summed E-state index contributed by atoms with van der Waals surface area (Å²) in [4.78, 5) is 4.74. The molecule has 8 heteroatoms. The van der Waals surface area contributed by atoms with Crippen molar-refractivity contribution in [2.45, 2.75) is 10.4 Å². The van der Waals surface area contributed by atoms with E-state index in [-0.39, 0.29) is 0 Å². The topological polar surface area (TPSA) is 82.5 Å². The standard InChI is InChI=1S/C7H9N3O3S2/c1-10-7(15(11,12)13)9-5-2-3-8-4-6(5)14-10/h2-4,7,9H,1H3,(H,11,12,13). The average molecular weight is 247 g/mol. The Morgan fingerprint density at radius 2 is 2.40 bits per heavy atom. The number of pyridine rings is 1. The molecule has 0 aromatic carbocycles. The summed E-state index contributed by atoms with van der Waals surface area (Å²) in [6.45, 7) is 0. The molecule has 0 radical (unpaired) electrons. The Labute approximate surface area is 91.6 Å². The zero-order chi connectivity index (χ0) is 11.1. The van der Waals surface area contributed by atoms with Crippen LogP contribution < -0.4 is 5.32 Å². The molecule has 6 nitrogen and oxygen atoms in total. The monoisotopic (exact) mass is 247 g/mol. The molecule has 0 aliphatic carbocycles. The Bertz CT molecular complexity index is 476. The number of hydrogen-bond donors (Lipinski definition) is 2. The van der Waals surface area contributed by atoms with Crippen LogP contribution in [0.4, 0.5) is 5.69 Å². The third-order valence-corrected chi connectivity index (χ3v) is 4.07. The van der Waals surface area contributed by atoms with E-state index >= 15 is 0 Å². The second-order valence-electron chi connectivity index (χ2n) is 3.02. The third kappa shape index (κ3) is 2.07. The maximum atomic E-state index is 11.0. The van der Waals surface area contributed by atoms with Gasteiger partial charge in [-0.1, -0.05) is 0 Å². The van der Waals surface area contributed by atoms with Crippen LogP contribution in [0.15, 0.2) is 23.4 Å². The van der Waals surface area contributed by atoms with E-state index in [2.05, 4.69) is 10.3 Å². The highest BCUT2D eigenvalue weighted by atomic mass is 32.2. The van der Waals surface area contributed by atoms with Crippen molar-refractivity contribution < 1.29 is 13.0 Å². The molecule has 0 spiro atoms. The molecule has 1 aromatic rings. The largest absolute Gasteiger partial charge is 0.353 e. The van der Waals surface area contributed by atoms with Crippen molar-refractivity contribution in [3.05, 3.63) is 18.5 Å². The van der Waals surface area contributed by atoms with Crippen molar-refractivity contribution in [1.29, 1.82) is 0 Å². The van der Waals surface area contributed by atoms with Gasteiger partial charge in [-0.05, 0) is 18.0 Å². The summed E-state index contributed by atoms with van der Waals surface area (Å²) in [6.07, 6.45) is 3.18. The van der Waals surface area contributed by atoms with Gasteiger partial charge in [0.25, 0.3) is 0 Å². The van der Waals surface area contributed by atoms with Crippen LogP contribution in [0.5, 0.6) is 0 Å². The van der Waals surface area contributed by atoms with Crippen molar-refractivity contribution in [2.75, 3.05) is 12.4 Å². The fourth-order valence-electron chi connectivity index (χ4n) is 1.26. The number of anilines is 1. The van der Waals surface area contributed by atoms with Crippen molar-refractivity contribution in [3.8, 4) is 0 Å². The van der Waals surface area contributed by atoms with E-state index in [9.17, 15) is 8.42 Å². The van der Waals surface area contributed by atoms with Gasteiger partial charge in [0.2, 0.25) is 5.50 Å². The highest BCUT2D eigenvalue weighted by Crippen LogP contribution is 2.35. The second kappa shape index (κ2) is 3.63. The molecule has 0 bridgehead atoms. The van der Waals surface area contributed by atoms with Crippen LogP contribution in [0.3, 0.4) is 0 Å². The van der Waals surface area contributed by atoms with Crippen LogP contribution in [0.2, 0.25) is 0 Å². The van der Waals surface area contributed by atoms with E-state index in [1.54, 1.807) is 25.5 Å². The molecule has 1 aliphatic heterocycles. The Hall–Kier alpha value is -0.830. The van der Waals surface area contributed by atoms with Gasteiger partial charge in [0.1, 0.15) is 0 Å². The molecular formula is C7H9N3O3S2. The number of rotatable bonds is 1. The number of nitrogens with one attached hydrogen (secondary N) is 1. The smallest absolute Gasteiger partial charge is 0.301 e. The molecule has 0 fully saturated rings. The lowest BCUT2D eigenvalue weighted by atomic mass is 10.4.